The van der Waals surface area contributed by atoms with E-state index in [4.69, 9.17) is 9.47 Å². The molecule has 4 heteroatoms. The molecule has 1 aliphatic heterocycles. The summed E-state index contributed by atoms with van der Waals surface area (Å²) in [4.78, 5) is 3.66. The lowest BCUT2D eigenvalue weighted by atomic mass is 9.77. The van der Waals surface area contributed by atoms with Crippen LogP contribution in [0.2, 0.25) is 0 Å². The largest absolute Gasteiger partial charge is 0.497 e. The molecule has 0 atom stereocenters. The van der Waals surface area contributed by atoms with E-state index < -0.39 is 0 Å². The van der Waals surface area contributed by atoms with Crippen LogP contribution in [0.4, 0.5) is 0 Å². The summed E-state index contributed by atoms with van der Waals surface area (Å²) >= 11 is 0. The van der Waals surface area contributed by atoms with E-state index in [1.54, 1.807) is 7.11 Å². The fourth-order valence-electron chi connectivity index (χ4n) is 4.19. The Morgan fingerprint density at radius 2 is 2.14 bits per heavy atom. The molecular weight excluding hydrogens is 276 g/mol. The fourth-order valence-corrected chi connectivity index (χ4v) is 4.19. The van der Waals surface area contributed by atoms with Crippen molar-refractivity contribution in [2.24, 2.45) is 0 Å². The average molecular weight is 300 g/mol. The molecule has 0 amide bonds. The van der Waals surface area contributed by atoms with E-state index in [2.05, 4.69) is 29.5 Å². The molecule has 2 aliphatic rings. The second-order valence-corrected chi connectivity index (χ2v) is 6.55. The third-order valence-corrected chi connectivity index (χ3v) is 5.50. The van der Waals surface area contributed by atoms with Crippen molar-refractivity contribution in [1.82, 2.24) is 10.3 Å². The minimum absolute atomic E-state index is 0.104. The van der Waals surface area contributed by atoms with Gasteiger partial charge in [0.05, 0.1) is 19.4 Å². The standard InChI is InChI=1S/C18H24N2O2/c1-19-12-5-8-18(9-6-12)17-14(7-10-22-18)15-11-13(21-2)3-4-16(15)20-17/h3-4,11-12,19-20H,5-10H2,1-2H3. The zero-order valence-corrected chi connectivity index (χ0v) is 13.4. The maximum atomic E-state index is 6.32. The van der Waals surface area contributed by atoms with Gasteiger partial charge in [-0.25, -0.2) is 0 Å². The molecule has 4 nitrogen and oxygen atoms in total. The highest BCUT2D eigenvalue weighted by molar-refractivity contribution is 5.86. The minimum Gasteiger partial charge on any atom is -0.497 e. The van der Waals surface area contributed by atoms with Crippen LogP contribution in [0.25, 0.3) is 10.9 Å². The van der Waals surface area contributed by atoms with E-state index in [1.165, 1.54) is 35.0 Å². The molecule has 1 aromatic heterocycles. The summed E-state index contributed by atoms with van der Waals surface area (Å²) in [6, 6.07) is 6.93. The number of rotatable bonds is 2. The number of benzene rings is 1. The van der Waals surface area contributed by atoms with E-state index in [-0.39, 0.29) is 5.60 Å². The molecule has 1 aromatic carbocycles. The van der Waals surface area contributed by atoms with Gasteiger partial charge in [-0.15, -0.1) is 0 Å². The zero-order valence-electron chi connectivity index (χ0n) is 13.4. The molecule has 1 fully saturated rings. The van der Waals surface area contributed by atoms with Crippen molar-refractivity contribution >= 4 is 10.9 Å². The van der Waals surface area contributed by atoms with Gasteiger partial charge in [-0.3, -0.25) is 0 Å². The summed E-state index contributed by atoms with van der Waals surface area (Å²) in [5.41, 5.74) is 3.85. The summed E-state index contributed by atoms with van der Waals surface area (Å²) < 4.78 is 11.7. The molecule has 2 aromatic rings. The van der Waals surface area contributed by atoms with E-state index in [1.807, 2.05) is 6.07 Å². The summed E-state index contributed by atoms with van der Waals surface area (Å²) in [6.07, 6.45) is 5.52. The maximum absolute atomic E-state index is 6.32. The summed E-state index contributed by atoms with van der Waals surface area (Å²) in [6.45, 7) is 0.821. The Kier molecular flexibility index (Phi) is 3.39. The van der Waals surface area contributed by atoms with Crippen LogP contribution in [0.3, 0.4) is 0 Å². The van der Waals surface area contributed by atoms with Crippen LogP contribution in [0.1, 0.15) is 36.9 Å². The Morgan fingerprint density at radius 3 is 2.86 bits per heavy atom. The lowest BCUT2D eigenvalue weighted by Crippen LogP contribution is -2.43. The van der Waals surface area contributed by atoms with Gasteiger partial charge in [0.15, 0.2) is 0 Å². The summed E-state index contributed by atoms with van der Waals surface area (Å²) in [7, 11) is 3.79. The predicted molar refractivity (Wildman–Crippen MR) is 87.5 cm³/mol. The lowest BCUT2D eigenvalue weighted by Gasteiger charge is -2.42. The SMILES string of the molecule is CNC1CCC2(CC1)OCCc1c2[nH]c2ccc(OC)cc12. The molecule has 2 N–H and O–H groups in total. The Bertz CT molecular complexity index is 684. The first-order chi connectivity index (χ1) is 10.8. The van der Waals surface area contributed by atoms with Crippen molar-refractivity contribution in [3.63, 3.8) is 0 Å². The number of hydrogen-bond acceptors (Lipinski definition) is 3. The van der Waals surface area contributed by atoms with Gasteiger partial charge < -0.3 is 19.8 Å². The third kappa shape index (κ3) is 2.05. The molecule has 0 radical (unpaired) electrons. The molecule has 1 spiro atoms. The predicted octanol–water partition coefficient (Wildman–Crippen LogP) is 3.11. The van der Waals surface area contributed by atoms with Crippen molar-refractivity contribution in [2.75, 3.05) is 20.8 Å². The van der Waals surface area contributed by atoms with Crippen LogP contribution in [0, 0.1) is 0 Å². The number of methoxy groups -OCH3 is 1. The van der Waals surface area contributed by atoms with E-state index >= 15 is 0 Å². The topological polar surface area (TPSA) is 46.3 Å². The Labute approximate surface area is 131 Å². The second-order valence-electron chi connectivity index (χ2n) is 6.55. The third-order valence-electron chi connectivity index (χ3n) is 5.50. The van der Waals surface area contributed by atoms with E-state index in [0.717, 1.165) is 31.6 Å². The molecule has 4 rings (SSSR count). The van der Waals surface area contributed by atoms with Gasteiger partial charge in [-0.2, -0.15) is 0 Å². The molecule has 1 aliphatic carbocycles. The van der Waals surface area contributed by atoms with Crippen molar-refractivity contribution in [1.29, 1.82) is 0 Å². The monoisotopic (exact) mass is 300 g/mol. The van der Waals surface area contributed by atoms with Crippen LogP contribution in [-0.4, -0.2) is 31.8 Å². The smallest absolute Gasteiger partial charge is 0.119 e. The van der Waals surface area contributed by atoms with Crippen LogP contribution < -0.4 is 10.1 Å². The number of aromatic amines is 1. The number of hydrogen-bond donors (Lipinski definition) is 2. The van der Waals surface area contributed by atoms with Gasteiger partial charge in [0.25, 0.3) is 0 Å². The number of fused-ring (bicyclic) bond motifs is 4. The minimum atomic E-state index is -0.104. The maximum Gasteiger partial charge on any atom is 0.119 e. The Hall–Kier alpha value is -1.52. The normalized spacial score (nSPS) is 28.0. The molecule has 0 unspecified atom stereocenters. The molecule has 22 heavy (non-hydrogen) atoms. The van der Waals surface area contributed by atoms with Crippen molar-refractivity contribution in [3.8, 4) is 5.75 Å². The highest BCUT2D eigenvalue weighted by atomic mass is 16.5. The van der Waals surface area contributed by atoms with Crippen molar-refractivity contribution in [2.45, 2.75) is 43.7 Å². The first-order valence-electron chi connectivity index (χ1n) is 8.26. The van der Waals surface area contributed by atoms with Crippen LogP contribution >= 0.6 is 0 Å². The zero-order chi connectivity index (χ0) is 15.2. The molecule has 2 heterocycles. The molecule has 1 saturated carbocycles. The average Bonchev–Trinajstić information content (AvgIpc) is 2.95. The molecular formula is C18H24N2O2. The van der Waals surface area contributed by atoms with Gasteiger partial charge in [0.1, 0.15) is 11.4 Å². The second kappa shape index (κ2) is 5.28. The van der Waals surface area contributed by atoms with Crippen LogP contribution in [0.15, 0.2) is 18.2 Å². The van der Waals surface area contributed by atoms with Crippen molar-refractivity contribution in [3.05, 3.63) is 29.5 Å². The first kappa shape index (κ1) is 14.1. The van der Waals surface area contributed by atoms with Gasteiger partial charge in [-0.1, -0.05) is 0 Å². The van der Waals surface area contributed by atoms with Gasteiger partial charge >= 0.3 is 0 Å². The highest BCUT2D eigenvalue weighted by Gasteiger charge is 2.42. The number of aromatic nitrogens is 1. The van der Waals surface area contributed by atoms with Crippen LogP contribution in [0.5, 0.6) is 5.75 Å². The van der Waals surface area contributed by atoms with Gasteiger partial charge in [0, 0.05) is 16.9 Å². The fraction of sp³-hybridized carbons (Fsp3) is 0.556. The molecule has 0 bridgehead atoms. The van der Waals surface area contributed by atoms with Gasteiger partial charge in [0.2, 0.25) is 0 Å². The van der Waals surface area contributed by atoms with E-state index in [0.29, 0.717) is 6.04 Å². The number of ether oxygens (including phenoxy) is 2. The lowest BCUT2D eigenvalue weighted by molar-refractivity contribution is -0.0909. The summed E-state index contributed by atoms with van der Waals surface area (Å²) in [5.74, 6) is 0.925. The molecule has 0 saturated heterocycles. The quantitative estimate of drug-likeness (QED) is 0.896. The van der Waals surface area contributed by atoms with E-state index in [9.17, 15) is 0 Å². The Morgan fingerprint density at radius 1 is 1.32 bits per heavy atom. The Balaban J connectivity index is 1.78. The molecule has 118 valence electrons. The number of nitrogens with one attached hydrogen (secondary N) is 2. The highest BCUT2D eigenvalue weighted by Crippen LogP contribution is 2.46. The van der Waals surface area contributed by atoms with Gasteiger partial charge in [-0.05, 0) is 62.9 Å². The number of H-pyrrole nitrogens is 1. The van der Waals surface area contributed by atoms with Crippen molar-refractivity contribution < 1.29 is 9.47 Å². The first-order valence-corrected chi connectivity index (χ1v) is 8.26. The summed E-state index contributed by atoms with van der Waals surface area (Å²) in [5, 5.41) is 4.71. The van der Waals surface area contributed by atoms with Crippen LogP contribution in [-0.2, 0) is 16.8 Å².